The van der Waals surface area contributed by atoms with Gasteiger partial charge in [-0.25, -0.2) is 13.6 Å². The number of carbonyl (C=O) groups excluding carboxylic acids is 4. The third-order valence-corrected chi connectivity index (χ3v) is 15.9. The second-order valence-corrected chi connectivity index (χ2v) is 18.8. The molecule has 8 rings (SSSR count). The molecule has 346 valence electrons. The van der Waals surface area contributed by atoms with Crippen molar-refractivity contribution in [3.63, 3.8) is 0 Å². The van der Waals surface area contributed by atoms with E-state index in [0.717, 1.165) is 23.4 Å². The molecule has 13 nitrogen and oxygen atoms in total. The quantitative estimate of drug-likeness (QED) is 0.111. The van der Waals surface area contributed by atoms with Gasteiger partial charge in [0, 0.05) is 95.9 Å². The number of aliphatic hydroxyl groups is 1. The number of rotatable bonds is 9. The Labute approximate surface area is 373 Å². The molecule has 1 spiro atoms. The van der Waals surface area contributed by atoms with Crippen molar-refractivity contribution >= 4 is 40.3 Å². The number of hydrogen-bond donors (Lipinski definition) is 2. The summed E-state index contributed by atoms with van der Waals surface area (Å²) in [7, 11) is 5.83. The molecule has 2 fully saturated rings. The minimum atomic E-state index is -3.01. The van der Waals surface area contributed by atoms with E-state index in [4.69, 9.17) is 18.9 Å². The number of Topliss-reactive ketones (excluding diaryl/α,β-unsaturated/α-hetero) is 1. The van der Waals surface area contributed by atoms with Crippen LogP contribution in [-0.2, 0) is 45.8 Å². The second-order valence-electron chi connectivity index (χ2n) is 18.8. The van der Waals surface area contributed by atoms with Gasteiger partial charge in [-0.05, 0) is 94.4 Å². The number of likely N-dealkylation sites (N-methyl/N-ethyl adjacent to an activating group) is 2. The molecule has 15 heteroatoms. The molecule has 2 N–H and O–H groups in total. The summed E-state index contributed by atoms with van der Waals surface area (Å²) in [5.41, 5.74) is -1.86. The summed E-state index contributed by atoms with van der Waals surface area (Å²) < 4.78 is 54.8. The number of hydrogen-bond acceptors (Lipinski definition) is 12. The Balaban J connectivity index is 1.46. The van der Waals surface area contributed by atoms with Crippen molar-refractivity contribution < 1.29 is 52.0 Å². The Morgan fingerprint density at radius 1 is 0.969 bits per heavy atom. The number of nitrogens with one attached hydrogen (secondary N) is 1. The monoisotopic (exact) mass is 888 g/mol. The molecular weight excluding hydrogens is 827 g/mol. The Morgan fingerprint density at radius 3 is 2.33 bits per heavy atom. The number of aromatic amines is 1. The fraction of sp³-hybridized carbons (Fsp3) is 0.592. The molecule has 1 aromatic heterocycles. The van der Waals surface area contributed by atoms with Crippen LogP contribution >= 0.6 is 0 Å². The molecule has 1 saturated carbocycles. The van der Waals surface area contributed by atoms with E-state index < -0.39 is 69.8 Å². The molecule has 0 radical (unpaired) electrons. The Bertz CT molecular complexity index is 2410. The number of methoxy groups -OCH3 is 3. The highest BCUT2D eigenvalue weighted by Gasteiger charge is 2.80. The number of halogens is 2. The van der Waals surface area contributed by atoms with Gasteiger partial charge in [0.1, 0.15) is 11.2 Å². The molecule has 8 atom stereocenters. The van der Waals surface area contributed by atoms with Crippen LogP contribution in [0.5, 0.6) is 5.75 Å². The Morgan fingerprint density at radius 2 is 1.70 bits per heavy atom. The van der Waals surface area contributed by atoms with Crippen LogP contribution < -0.4 is 9.64 Å². The fourth-order valence-electron chi connectivity index (χ4n) is 13.1. The number of alkyl halides is 2. The molecule has 1 aliphatic carbocycles. The largest absolute Gasteiger partial charge is 0.496 e. The van der Waals surface area contributed by atoms with Crippen LogP contribution in [0.4, 0.5) is 14.5 Å². The first kappa shape index (κ1) is 45.7. The predicted octanol–water partition coefficient (Wildman–Crippen LogP) is 6.10. The Kier molecular flexibility index (Phi) is 11.6. The number of carbonyl (C=O) groups is 4. The molecule has 4 aliphatic heterocycles. The molecule has 1 saturated heterocycles. The van der Waals surface area contributed by atoms with Crippen LogP contribution in [-0.4, -0.2) is 134 Å². The van der Waals surface area contributed by atoms with Gasteiger partial charge in [0.2, 0.25) is 11.5 Å². The van der Waals surface area contributed by atoms with Gasteiger partial charge in [0.05, 0.1) is 27.4 Å². The van der Waals surface area contributed by atoms with E-state index in [1.54, 1.807) is 13.1 Å². The van der Waals surface area contributed by atoms with E-state index in [0.29, 0.717) is 79.2 Å². The minimum Gasteiger partial charge on any atom is -0.496 e. The van der Waals surface area contributed by atoms with Crippen LogP contribution in [0, 0.1) is 11.3 Å². The minimum absolute atomic E-state index is 0.0526. The van der Waals surface area contributed by atoms with Crippen LogP contribution in [0.25, 0.3) is 10.9 Å². The maximum atomic E-state index is 15.6. The van der Waals surface area contributed by atoms with Gasteiger partial charge in [0.15, 0.2) is 11.9 Å². The molecule has 5 heterocycles. The maximum Gasteiger partial charge on any atom is 0.344 e. The SMILES string of the molecule is CCN1CCc2c([nH]c3ccc(C(C)=O)cc23)[C@@](C(=O)OC)(c2cc3c(cc2OC)N(C)[C@H]2[C@@](O)(C(=O)OC)[C@H](OC(C)=O)[C@]4(CC)C=CCN5CC[C@]32[C@@H]54)CCCC(C(C)(F)F)C1. The van der Waals surface area contributed by atoms with E-state index in [2.05, 4.69) is 9.88 Å². The highest BCUT2D eigenvalue weighted by Crippen LogP contribution is 2.68. The maximum absolute atomic E-state index is 15.6. The van der Waals surface area contributed by atoms with E-state index in [-0.39, 0.29) is 31.6 Å². The number of ketones is 1. The first-order valence-corrected chi connectivity index (χ1v) is 22.6. The molecule has 3 aromatic rings. The first-order chi connectivity index (χ1) is 30.3. The second kappa shape index (κ2) is 16.2. The van der Waals surface area contributed by atoms with E-state index in [1.165, 1.54) is 35.2 Å². The summed E-state index contributed by atoms with van der Waals surface area (Å²) in [6.45, 7) is 9.89. The molecule has 2 aromatic carbocycles. The zero-order valence-corrected chi connectivity index (χ0v) is 38.4. The van der Waals surface area contributed by atoms with Crippen molar-refractivity contribution in [2.45, 2.75) is 114 Å². The summed E-state index contributed by atoms with van der Waals surface area (Å²) in [4.78, 5) is 65.5. The van der Waals surface area contributed by atoms with E-state index in [9.17, 15) is 19.5 Å². The van der Waals surface area contributed by atoms with Gasteiger partial charge in [-0.2, -0.15) is 0 Å². The number of fused-ring (bicyclic) bond motifs is 4. The van der Waals surface area contributed by atoms with Crippen molar-refractivity contribution in [3.8, 4) is 5.75 Å². The molecule has 5 aliphatic rings. The van der Waals surface area contributed by atoms with Gasteiger partial charge in [-0.3, -0.25) is 19.3 Å². The number of nitrogens with zero attached hydrogens (tertiary/aromatic N) is 3. The van der Waals surface area contributed by atoms with Crippen LogP contribution in [0.2, 0.25) is 0 Å². The fourth-order valence-corrected chi connectivity index (χ4v) is 13.1. The normalized spacial score (nSPS) is 31.6. The van der Waals surface area contributed by atoms with Crippen molar-refractivity contribution in [1.82, 2.24) is 14.8 Å². The number of anilines is 1. The van der Waals surface area contributed by atoms with Gasteiger partial charge in [-0.15, -0.1) is 0 Å². The lowest BCUT2D eigenvalue weighted by molar-refractivity contribution is -0.228. The topological polar surface area (TPSA) is 151 Å². The summed E-state index contributed by atoms with van der Waals surface area (Å²) in [6, 6.07) is 7.79. The number of H-pyrrole nitrogens is 1. The van der Waals surface area contributed by atoms with Crippen molar-refractivity contribution in [1.29, 1.82) is 0 Å². The third kappa shape index (κ3) is 6.37. The zero-order chi connectivity index (χ0) is 46.3. The van der Waals surface area contributed by atoms with Gasteiger partial charge in [0.25, 0.3) is 0 Å². The summed E-state index contributed by atoms with van der Waals surface area (Å²) in [6.07, 6.45) is 4.26. The highest BCUT2D eigenvalue weighted by atomic mass is 19.3. The van der Waals surface area contributed by atoms with Crippen molar-refractivity contribution in [3.05, 3.63) is 70.4 Å². The van der Waals surface area contributed by atoms with Gasteiger partial charge in [-0.1, -0.05) is 32.4 Å². The summed E-state index contributed by atoms with van der Waals surface area (Å²) in [5.74, 6) is -6.06. The smallest absolute Gasteiger partial charge is 0.344 e. The molecule has 64 heavy (non-hydrogen) atoms. The van der Waals surface area contributed by atoms with Crippen molar-refractivity contribution in [2.24, 2.45) is 11.3 Å². The predicted molar refractivity (Wildman–Crippen MR) is 236 cm³/mol. The Hall–Kier alpha value is -4.86. The number of esters is 3. The average molecular weight is 889 g/mol. The van der Waals surface area contributed by atoms with Crippen LogP contribution in [0.1, 0.15) is 99.5 Å². The lowest BCUT2D eigenvalue weighted by Crippen LogP contribution is -2.81. The highest BCUT2D eigenvalue weighted by molar-refractivity contribution is 6.00. The molecular formula is C49H62F2N4O9. The van der Waals surface area contributed by atoms with Crippen LogP contribution in [0.3, 0.4) is 0 Å². The zero-order valence-electron chi connectivity index (χ0n) is 38.4. The number of benzene rings is 2. The van der Waals surface area contributed by atoms with Gasteiger partial charge < -0.3 is 38.8 Å². The van der Waals surface area contributed by atoms with E-state index in [1.807, 2.05) is 60.1 Å². The average Bonchev–Trinajstić information content (AvgIpc) is 3.92. The molecule has 0 amide bonds. The summed E-state index contributed by atoms with van der Waals surface area (Å²) in [5, 5.41) is 14.1. The summed E-state index contributed by atoms with van der Waals surface area (Å²) >= 11 is 0. The lowest BCUT2D eigenvalue weighted by atomic mass is 9.47. The molecule has 0 bridgehead atoms. The third-order valence-electron chi connectivity index (χ3n) is 15.9. The molecule has 1 unspecified atom stereocenters. The standard InChI is InChI=1S/C49H62F2N4O9/c1-10-46-18-13-21-55-23-20-48(40(46)55)34-25-35(38(61-7)26-37(34)53(6)41(48)49(60,44(59)63-9)42(46)64-29(4)57)47(43(58)62-8)19-12-14-31(45(5,50)51)27-54(11-2)22-17-32-33-24-30(28(3)56)15-16-36(33)52-39(32)47/h13,15-16,18,24-26,31,40-42,52,60H,10-12,14,17,19-23,27H2,1-9H3/t31?,40-,41+,42+,46+,47-,48+,49-/m0/s1. The number of aromatic nitrogens is 1. The van der Waals surface area contributed by atoms with Gasteiger partial charge >= 0.3 is 17.9 Å². The van der Waals surface area contributed by atoms with Crippen molar-refractivity contribution in [2.75, 3.05) is 66.0 Å². The lowest BCUT2D eigenvalue weighted by Gasteiger charge is -2.63. The number of ether oxygens (including phenoxy) is 4. The first-order valence-electron chi connectivity index (χ1n) is 22.6. The van der Waals surface area contributed by atoms with Crippen LogP contribution in [0.15, 0.2) is 42.5 Å². The van der Waals surface area contributed by atoms with E-state index >= 15 is 13.6 Å².